The van der Waals surface area contributed by atoms with Gasteiger partial charge in [-0.3, -0.25) is 9.36 Å². The van der Waals surface area contributed by atoms with E-state index in [0.29, 0.717) is 17.9 Å². The van der Waals surface area contributed by atoms with Crippen LogP contribution in [0.25, 0.3) is 10.2 Å². The molecule has 1 aliphatic rings. The molecule has 2 aromatic carbocycles. The van der Waals surface area contributed by atoms with Gasteiger partial charge in [-0.25, -0.2) is 13.1 Å². The number of hydrogen-bond donors (Lipinski definition) is 1. The Balaban J connectivity index is 1.60. The highest BCUT2D eigenvalue weighted by atomic mass is 32.2. The lowest BCUT2D eigenvalue weighted by atomic mass is 10.2. The van der Waals surface area contributed by atoms with Crippen LogP contribution in [0.5, 0.6) is 0 Å². The monoisotopic (exact) mass is 404 g/mol. The molecule has 1 saturated heterocycles. The fourth-order valence-corrected chi connectivity index (χ4v) is 5.32. The molecule has 1 fully saturated rings. The molecule has 1 atom stereocenters. The topological polar surface area (TPSA) is 77.4 Å². The highest BCUT2D eigenvalue weighted by Crippen LogP contribution is 2.23. The van der Waals surface area contributed by atoms with E-state index in [4.69, 9.17) is 4.74 Å². The van der Waals surface area contributed by atoms with E-state index in [1.807, 2.05) is 30.3 Å². The van der Waals surface area contributed by atoms with E-state index < -0.39 is 10.0 Å². The van der Waals surface area contributed by atoms with Crippen molar-refractivity contribution >= 4 is 31.6 Å². The number of benzene rings is 2. The zero-order valence-corrected chi connectivity index (χ0v) is 16.3. The third-order valence-corrected chi connectivity index (χ3v) is 7.02. The number of aromatic nitrogens is 1. The van der Waals surface area contributed by atoms with Gasteiger partial charge in [-0.05, 0) is 36.6 Å². The molecular weight excluding hydrogens is 384 g/mol. The molecule has 142 valence electrons. The molecule has 2 heterocycles. The second kappa shape index (κ2) is 7.55. The highest BCUT2D eigenvalue weighted by Gasteiger charge is 2.21. The van der Waals surface area contributed by atoms with Crippen LogP contribution < -0.4 is 9.60 Å². The van der Waals surface area contributed by atoms with Gasteiger partial charge in [0.25, 0.3) is 0 Å². The number of sulfonamides is 1. The summed E-state index contributed by atoms with van der Waals surface area (Å²) in [7, 11) is -3.64. The van der Waals surface area contributed by atoms with Crippen LogP contribution in [0.15, 0.2) is 58.2 Å². The smallest absolute Gasteiger partial charge is 0.308 e. The maximum absolute atomic E-state index is 12.6. The molecule has 1 aromatic heterocycles. The summed E-state index contributed by atoms with van der Waals surface area (Å²) in [6.45, 7) is 1.41. The average Bonchev–Trinajstić information content (AvgIpc) is 3.29. The van der Waals surface area contributed by atoms with E-state index in [9.17, 15) is 13.2 Å². The molecule has 6 nitrogen and oxygen atoms in total. The van der Waals surface area contributed by atoms with Crippen molar-refractivity contribution in [2.24, 2.45) is 0 Å². The van der Waals surface area contributed by atoms with E-state index in [1.165, 1.54) is 0 Å². The minimum Gasteiger partial charge on any atom is -0.377 e. The second-order valence-corrected chi connectivity index (χ2v) is 9.32. The molecule has 0 spiro atoms. The van der Waals surface area contributed by atoms with Crippen LogP contribution in [0, 0.1) is 0 Å². The molecule has 3 aromatic rings. The number of nitrogens with one attached hydrogen (secondary N) is 1. The first-order valence-electron chi connectivity index (χ1n) is 8.81. The summed E-state index contributed by atoms with van der Waals surface area (Å²) >= 11 is 1.06. The fraction of sp³-hybridized carbons (Fsp3) is 0.316. The Hall–Kier alpha value is -2.00. The van der Waals surface area contributed by atoms with E-state index in [-0.39, 0.29) is 22.4 Å². The van der Waals surface area contributed by atoms with Gasteiger partial charge in [0.1, 0.15) is 0 Å². The van der Waals surface area contributed by atoms with Gasteiger partial charge in [0, 0.05) is 13.2 Å². The lowest BCUT2D eigenvalue weighted by Gasteiger charge is -2.11. The second-order valence-electron chi connectivity index (χ2n) is 6.56. The van der Waals surface area contributed by atoms with Crippen molar-refractivity contribution in [2.75, 3.05) is 13.2 Å². The van der Waals surface area contributed by atoms with E-state index in [2.05, 4.69) is 4.72 Å². The maximum atomic E-state index is 12.6. The van der Waals surface area contributed by atoms with Crippen molar-refractivity contribution in [3.05, 3.63) is 63.8 Å². The number of ether oxygens (including phenoxy) is 1. The first kappa shape index (κ1) is 18.4. The summed E-state index contributed by atoms with van der Waals surface area (Å²) in [4.78, 5) is 12.5. The molecule has 1 aliphatic heterocycles. The highest BCUT2D eigenvalue weighted by molar-refractivity contribution is 7.89. The standard InChI is InChI=1S/C19H20N2O4S2/c22-19-21(13-14-5-2-1-3-6-14)17-9-8-16(11-18(17)26-19)27(23,24)20-12-15-7-4-10-25-15/h1-3,5-6,8-9,11,15,20H,4,7,10,12-13H2. The van der Waals surface area contributed by atoms with Gasteiger partial charge in [0.05, 0.1) is 27.8 Å². The predicted molar refractivity (Wildman–Crippen MR) is 106 cm³/mol. The average molecular weight is 405 g/mol. The van der Waals surface area contributed by atoms with Crippen molar-refractivity contribution in [1.29, 1.82) is 0 Å². The third-order valence-electron chi connectivity index (χ3n) is 4.66. The number of rotatable bonds is 6. The van der Waals surface area contributed by atoms with Gasteiger partial charge in [-0.1, -0.05) is 41.7 Å². The first-order valence-corrected chi connectivity index (χ1v) is 11.1. The lowest BCUT2D eigenvalue weighted by molar-refractivity contribution is 0.114. The zero-order chi connectivity index (χ0) is 18.9. The summed E-state index contributed by atoms with van der Waals surface area (Å²) in [5.41, 5.74) is 1.76. The number of nitrogens with zero attached hydrogens (tertiary/aromatic N) is 1. The van der Waals surface area contributed by atoms with Crippen LogP contribution in [0.1, 0.15) is 18.4 Å². The Bertz CT molecular complexity index is 1100. The van der Waals surface area contributed by atoms with Gasteiger partial charge >= 0.3 is 4.87 Å². The summed E-state index contributed by atoms with van der Waals surface area (Å²) in [6.07, 6.45) is 1.76. The lowest BCUT2D eigenvalue weighted by Crippen LogP contribution is -2.31. The molecule has 0 bridgehead atoms. The van der Waals surface area contributed by atoms with Crippen molar-refractivity contribution in [3.63, 3.8) is 0 Å². The number of fused-ring (bicyclic) bond motifs is 1. The molecule has 8 heteroatoms. The van der Waals surface area contributed by atoms with Gasteiger partial charge < -0.3 is 4.74 Å². The summed E-state index contributed by atoms with van der Waals surface area (Å²) in [5, 5.41) is 0. The molecule has 0 saturated carbocycles. The first-order chi connectivity index (χ1) is 13.0. The van der Waals surface area contributed by atoms with Gasteiger partial charge in [-0.15, -0.1) is 0 Å². The summed E-state index contributed by atoms with van der Waals surface area (Å²) in [5.74, 6) is 0. The molecule has 0 amide bonds. The minimum absolute atomic E-state index is 0.0634. The van der Waals surface area contributed by atoms with Crippen molar-refractivity contribution in [3.8, 4) is 0 Å². The Morgan fingerprint density at radius 1 is 1.19 bits per heavy atom. The Morgan fingerprint density at radius 3 is 2.74 bits per heavy atom. The van der Waals surface area contributed by atoms with Crippen molar-refractivity contribution in [1.82, 2.24) is 9.29 Å². The minimum atomic E-state index is -3.64. The Labute approximate surface area is 161 Å². The van der Waals surface area contributed by atoms with E-state index >= 15 is 0 Å². The normalized spacial score (nSPS) is 17.6. The zero-order valence-electron chi connectivity index (χ0n) is 14.6. The Kier molecular flexibility index (Phi) is 5.14. The molecular formula is C19H20N2O4S2. The molecule has 1 unspecified atom stereocenters. The molecule has 1 N–H and O–H groups in total. The van der Waals surface area contributed by atoms with Crippen LogP contribution >= 0.6 is 11.3 Å². The van der Waals surface area contributed by atoms with Crippen LogP contribution in [-0.4, -0.2) is 32.2 Å². The van der Waals surface area contributed by atoms with Crippen LogP contribution in [0.2, 0.25) is 0 Å². The number of thiazole rings is 1. The van der Waals surface area contributed by atoms with Crippen LogP contribution in [0.4, 0.5) is 0 Å². The molecule has 0 aliphatic carbocycles. The quantitative estimate of drug-likeness (QED) is 0.685. The van der Waals surface area contributed by atoms with Crippen LogP contribution in [-0.2, 0) is 21.3 Å². The largest absolute Gasteiger partial charge is 0.377 e. The van der Waals surface area contributed by atoms with Gasteiger partial charge in [0.15, 0.2) is 0 Å². The van der Waals surface area contributed by atoms with Gasteiger partial charge in [0.2, 0.25) is 10.0 Å². The van der Waals surface area contributed by atoms with Gasteiger partial charge in [-0.2, -0.15) is 0 Å². The Morgan fingerprint density at radius 2 is 2.00 bits per heavy atom. The van der Waals surface area contributed by atoms with E-state index in [1.54, 1.807) is 22.8 Å². The summed E-state index contributed by atoms with van der Waals surface area (Å²) in [6, 6.07) is 14.5. The van der Waals surface area contributed by atoms with E-state index in [0.717, 1.165) is 35.3 Å². The molecule has 4 rings (SSSR count). The number of hydrogen-bond acceptors (Lipinski definition) is 5. The predicted octanol–water partition coefficient (Wildman–Crippen LogP) is 2.57. The SMILES string of the molecule is O=c1sc2cc(S(=O)(=O)NCC3CCCO3)ccc2n1Cc1ccccc1. The third kappa shape index (κ3) is 3.98. The fourth-order valence-electron chi connectivity index (χ4n) is 3.22. The van der Waals surface area contributed by atoms with Crippen molar-refractivity contribution in [2.45, 2.75) is 30.4 Å². The van der Waals surface area contributed by atoms with Crippen molar-refractivity contribution < 1.29 is 13.2 Å². The summed E-state index contributed by atoms with van der Waals surface area (Å²) < 4.78 is 35.5. The molecule has 0 radical (unpaired) electrons. The maximum Gasteiger partial charge on any atom is 0.308 e. The van der Waals surface area contributed by atoms with Crippen LogP contribution in [0.3, 0.4) is 0 Å². The molecule has 27 heavy (non-hydrogen) atoms.